The lowest BCUT2D eigenvalue weighted by Crippen LogP contribution is -2.26. The van der Waals surface area contributed by atoms with Crippen LogP contribution < -0.4 is 9.62 Å². The Balaban J connectivity index is 1.41. The number of thiazole rings is 1. The summed E-state index contributed by atoms with van der Waals surface area (Å²) in [6, 6.07) is 16.0. The summed E-state index contributed by atoms with van der Waals surface area (Å²) >= 11 is -0.410. The zero-order valence-corrected chi connectivity index (χ0v) is 19.2. The van der Waals surface area contributed by atoms with Crippen LogP contribution in [0.2, 0.25) is 0 Å². The zero-order chi connectivity index (χ0) is 24.3. The maximum atomic E-state index is 12.8. The molecule has 0 spiro atoms. The average Bonchev–Trinajstić information content (AvgIpc) is 3.32. The highest BCUT2D eigenvalue weighted by molar-refractivity contribution is 7.92. The molecule has 0 bridgehead atoms. The Morgan fingerprint density at radius 1 is 1.03 bits per heavy atom. The number of carbonyl (C=O) groups excluding carboxylic acids is 1. The third kappa shape index (κ3) is 5.38. The molecular weight excluding hydrogens is 485 g/mol. The second-order valence-electron chi connectivity index (χ2n) is 7.02. The number of amides is 1. The minimum absolute atomic E-state index is 0.340. The van der Waals surface area contributed by atoms with Crippen LogP contribution in [-0.4, -0.2) is 27.5 Å². The Morgan fingerprint density at radius 2 is 1.74 bits per heavy atom. The molecule has 1 unspecified atom stereocenters. The number of anilines is 2. The predicted molar refractivity (Wildman–Crippen MR) is 126 cm³/mol. The first-order valence-electron chi connectivity index (χ1n) is 9.83. The van der Waals surface area contributed by atoms with Crippen molar-refractivity contribution in [2.45, 2.75) is 11.1 Å². The Morgan fingerprint density at radius 3 is 2.35 bits per heavy atom. The number of pyridine rings is 1. The Kier molecular flexibility index (Phi) is 6.87. The van der Waals surface area contributed by atoms with Crippen molar-refractivity contribution in [3.05, 3.63) is 89.4 Å². The van der Waals surface area contributed by atoms with Crippen molar-refractivity contribution < 1.29 is 22.5 Å². The third-order valence-electron chi connectivity index (χ3n) is 4.78. The van der Waals surface area contributed by atoms with Gasteiger partial charge in [-0.15, -0.1) is 11.3 Å². The van der Waals surface area contributed by atoms with Crippen molar-refractivity contribution in [1.82, 2.24) is 9.97 Å². The second kappa shape index (κ2) is 9.84. The van der Waals surface area contributed by atoms with Crippen LogP contribution in [0.3, 0.4) is 0 Å². The molecule has 11 heteroatoms. The van der Waals surface area contributed by atoms with E-state index in [0.29, 0.717) is 32.7 Å². The number of rotatable bonds is 6. The highest BCUT2D eigenvalue weighted by Gasteiger charge is 2.30. The van der Waals surface area contributed by atoms with Crippen LogP contribution in [0, 0.1) is 0 Å². The van der Waals surface area contributed by atoms with Gasteiger partial charge in [0.25, 0.3) is 5.91 Å². The van der Waals surface area contributed by atoms with Gasteiger partial charge in [0.1, 0.15) is 17.1 Å². The molecule has 1 amide bonds. The van der Waals surface area contributed by atoms with Gasteiger partial charge in [0.2, 0.25) is 0 Å². The van der Waals surface area contributed by atoms with Gasteiger partial charge >= 0.3 is 6.18 Å². The zero-order valence-electron chi connectivity index (χ0n) is 17.6. The molecule has 4 aromatic rings. The summed E-state index contributed by atoms with van der Waals surface area (Å²) < 4.78 is 52.4. The molecule has 174 valence electrons. The fourth-order valence-electron chi connectivity index (χ4n) is 2.97. The van der Waals surface area contributed by atoms with Gasteiger partial charge in [-0.05, 0) is 60.7 Å². The van der Waals surface area contributed by atoms with E-state index in [1.54, 1.807) is 17.6 Å². The van der Waals surface area contributed by atoms with Gasteiger partial charge in [0.05, 0.1) is 24.0 Å². The molecular formula is C23H17F3N4O2S2. The lowest BCUT2D eigenvalue weighted by Gasteiger charge is -2.22. The molecule has 4 rings (SSSR count). The van der Waals surface area contributed by atoms with Gasteiger partial charge in [-0.1, -0.05) is 6.07 Å². The largest absolute Gasteiger partial charge is 0.588 e. The van der Waals surface area contributed by atoms with E-state index >= 15 is 0 Å². The minimum Gasteiger partial charge on any atom is -0.588 e. The molecule has 1 atom stereocenters. The van der Waals surface area contributed by atoms with E-state index in [-0.39, 0.29) is 5.91 Å². The number of benzene rings is 2. The fraction of sp³-hybridized carbons (Fsp3) is 0.0870. The van der Waals surface area contributed by atoms with Crippen molar-refractivity contribution in [2.24, 2.45) is 0 Å². The van der Waals surface area contributed by atoms with Crippen LogP contribution >= 0.6 is 11.3 Å². The van der Waals surface area contributed by atoms with E-state index in [0.717, 1.165) is 12.1 Å². The number of nitrogens with zero attached hydrogens (tertiary/aromatic N) is 3. The van der Waals surface area contributed by atoms with E-state index < -0.39 is 23.1 Å². The first kappa shape index (κ1) is 23.7. The van der Waals surface area contributed by atoms with E-state index in [1.165, 1.54) is 59.1 Å². The third-order valence-corrected chi connectivity index (χ3v) is 6.92. The monoisotopic (exact) mass is 502 g/mol. The van der Waals surface area contributed by atoms with Crippen LogP contribution in [0.1, 0.15) is 15.9 Å². The summed E-state index contributed by atoms with van der Waals surface area (Å²) in [5, 5.41) is 4.94. The molecule has 1 N–H and O–H groups in total. The van der Waals surface area contributed by atoms with Gasteiger partial charge in [-0.25, -0.2) is 4.98 Å². The molecule has 0 fully saturated rings. The molecule has 0 saturated heterocycles. The maximum Gasteiger partial charge on any atom is 0.416 e. The van der Waals surface area contributed by atoms with Crippen molar-refractivity contribution in [1.29, 1.82) is 0 Å². The standard InChI is InChI=1S/C23H17F3N4O2S2/c1-30(17-9-7-16(8-10-17)23(24,25)26)34(32)18-11-5-15(6-12-18)21(31)29-22-28-20(14-33-22)19-4-2-3-13-27-19/h2-14H,1H3,(H,28,29,31). The molecule has 6 nitrogen and oxygen atoms in total. The van der Waals surface area contributed by atoms with Crippen LogP contribution in [-0.2, 0) is 17.5 Å². The lowest BCUT2D eigenvalue weighted by molar-refractivity contribution is -0.137. The molecule has 2 aromatic heterocycles. The van der Waals surface area contributed by atoms with Gasteiger partial charge in [-0.2, -0.15) is 17.5 Å². The highest BCUT2D eigenvalue weighted by Crippen LogP contribution is 2.31. The quantitative estimate of drug-likeness (QED) is 0.346. The van der Waals surface area contributed by atoms with Gasteiger partial charge in [0.15, 0.2) is 10.0 Å². The number of aromatic nitrogens is 2. The number of hydrogen-bond donors (Lipinski definition) is 1. The number of halogens is 3. The first-order chi connectivity index (χ1) is 16.2. The first-order valence-corrected chi connectivity index (χ1v) is 11.8. The molecule has 34 heavy (non-hydrogen) atoms. The van der Waals surface area contributed by atoms with Gasteiger partial charge in [-0.3, -0.25) is 15.1 Å². The van der Waals surface area contributed by atoms with Crippen molar-refractivity contribution in [3.8, 4) is 11.4 Å². The fourth-order valence-corrected chi connectivity index (χ4v) is 4.67. The Hall–Kier alpha value is -3.41. The summed E-state index contributed by atoms with van der Waals surface area (Å²) in [5.74, 6) is -0.379. The molecule has 2 aromatic carbocycles. The van der Waals surface area contributed by atoms with Crippen LogP contribution in [0.5, 0.6) is 0 Å². The van der Waals surface area contributed by atoms with Crippen LogP contribution in [0.4, 0.5) is 24.0 Å². The van der Waals surface area contributed by atoms with Crippen molar-refractivity contribution in [2.75, 3.05) is 16.7 Å². The molecule has 0 aliphatic carbocycles. The molecule has 0 saturated carbocycles. The van der Waals surface area contributed by atoms with E-state index in [2.05, 4.69) is 15.3 Å². The van der Waals surface area contributed by atoms with Gasteiger partial charge < -0.3 is 4.55 Å². The summed E-state index contributed by atoms with van der Waals surface area (Å²) in [7, 11) is 1.51. The SMILES string of the molecule is CN(c1ccc(C(F)(F)F)cc1)[S+]([O-])c1ccc(C(=O)Nc2nc(-c3ccccn3)cs2)cc1. The molecule has 0 aliphatic rings. The topological polar surface area (TPSA) is 81.2 Å². The summed E-state index contributed by atoms with van der Waals surface area (Å²) in [6.07, 6.45) is -2.78. The normalized spacial score (nSPS) is 12.3. The second-order valence-corrected chi connectivity index (χ2v) is 9.40. The Labute approximate surface area is 200 Å². The summed E-state index contributed by atoms with van der Waals surface area (Å²) in [6.45, 7) is 0. The number of nitrogens with one attached hydrogen (secondary N) is 1. The number of carbonyl (C=O) groups is 1. The smallest absolute Gasteiger partial charge is 0.416 e. The summed E-state index contributed by atoms with van der Waals surface area (Å²) in [4.78, 5) is 21.6. The number of hydrogen-bond acceptors (Lipinski definition) is 6. The van der Waals surface area contributed by atoms with Crippen LogP contribution in [0.25, 0.3) is 11.4 Å². The molecule has 2 heterocycles. The molecule has 0 radical (unpaired) electrons. The van der Waals surface area contributed by atoms with E-state index in [9.17, 15) is 22.5 Å². The molecule has 0 aliphatic heterocycles. The van der Waals surface area contributed by atoms with Gasteiger partial charge in [0, 0.05) is 17.1 Å². The van der Waals surface area contributed by atoms with Crippen molar-refractivity contribution >= 4 is 39.4 Å². The average molecular weight is 503 g/mol. The number of alkyl halides is 3. The lowest BCUT2D eigenvalue weighted by atomic mass is 10.2. The summed E-state index contributed by atoms with van der Waals surface area (Å²) in [5.41, 5.74) is 1.27. The Bertz CT molecular complexity index is 1260. The van der Waals surface area contributed by atoms with Crippen LogP contribution in [0.15, 0.2) is 83.2 Å². The minimum atomic E-state index is -4.44. The maximum absolute atomic E-state index is 12.8. The highest BCUT2D eigenvalue weighted by atomic mass is 32.2. The van der Waals surface area contributed by atoms with E-state index in [1.807, 2.05) is 12.1 Å². The van der Waals surface area contributed by atoms with E-state index in [4.69, 9.17) is 0 Å². The predicted octanol–water partition coefficient (Wildman–Crippen LogP) is 5.64. The van der Waals surface area contributed by atoms with Crippen molar-refractivity contribution in [3.63, 3.8) is 0 Å².